The molecule has 1 atom stereocenters. The molecule has 0 fully saturated rings. The molecule has 0 amide bonds. The predicted molar refractivity (Wildman–Crippen MR) is 51.8 cm³/mol. The van der Waals surface area contributed by atoms with E-state index in [0.717, 1.165) is 17.7 Å². The molecule has 0 radical (unpaired) electrons. The third-order valence-electron chi connectivity index (χ3n) is 2.01. The van der Waals surface area contributed by atoms with Gasteiger partial charge < -0.3 is 4.74 Å². The van der Waals surface area contributed by atoms with Crippen LogP contribution in [0.4, 0.5) is 0 Å². The van der Waals surface area contributed by atoms with E-state index >= 15 is 0 Å². The highest BCUT2D eigenvalue weighted by Gasteiger charge is 2.08. The molecule has 0 bridgehead atoms. The number of rotatable bonds is 4. The molecule has 0 aromatic heterocycles. The zero-order valence-electron chi connectivity index (χ0n) is 7.86. The molecular formula is C10H13NO2. The van der Waals surface area contributed by atoms with E-state index in [0.29, 0.717) is 0 Å². The fourth-order valence-electron chi connectivity index (χ4n) is 1.20. The first-order valence-electron chi connectivity index (χ1n) is 4.28. The lowest BCUT2D eigenvalue weighted by molar-refractivity contribution is 0.414. The lowest BCUT2D eigenvalue weighted by Crippen LogP contribution is -1.92. The van der Waals surface area contributed by atoms with Gasteiger partial charge in [-0.15, -0.1) is 0 Å². The van der Waals surface area contributed by atoms with Gasteiger partial charge in [-0.3, -0.25) is 0 Å². The van der Waals surface area contributed by atoms with E-state index in [9.17, 15) is 4.91 Å². The van der Waals surface area contributed by atoms with Crippen molar-refractivity contribution in [2.75, 3.05) is 7.11 Å². The van der Waals surface area contributed by atoms with Gasteiger partial charge in [0.2, 0.25) is 0 Å². The largest absolute Gasteiger partial charge is 0.497 e. The first-order valence-corrected chi connectivity index (χ1v) is 4.28. The molecule has 0 saturated heterocycles. The second-order valence-electron chi connectivity index (χ2n) is 2.80. The molecule has 1 unspecified atom stereocenters. The van der Waals surface area contributed by atoms with Crippen LogP contribution < -0.4 is 4.74 Å². The molecule has 0 saturated carbocycles. The van der Waals surface area contributed by atoms with Crippen molar-refractivity contribution in [3.05, 3.63) is 34.7 Å². The number of hydrogen-bond acceptors (Lipinski definition) is 3. The fourth-order valence-corrected chi connectivity index (χ4v) is 1.20. The average molecular weight is 179 g/mol. The average Bonchev–Trinajstić information content (AvgIpc) is 2.21. The van der Waals surface area contributed by atoms with Gasteiger partial charge in [-0.1, -0.05) is 24.2 Å². The molecule has 3 heteroatoms. The van der Waals surface area contributed by atoms with E-state index in [-0.39, 0.29) is 6.04 Å². The van der Waals surface area contributed by atoms with Crippen LogP contribution in [0.15, 0.2) is 29.4 Å². The van der Waals surface area contributed by atoms with Gasteiger partial charge in [0.1, 0.15) is 11.8 Å². The molecular weight excluding hydrogens is 166 g/mol. The molecule has 13 heavy (non-hydrogen) atoms. The van der Waals surface area contributed by atoms with Crippen LogP contribution in [0, 0.1) is 4.91 Å². The number of methoxy groups -OCH3 is 1. The quantitative estimate of drug-likeness (QED) is 0.666. The summed E-state index contributed by atoms with van der Waals surface area (Å²) in [5.74, 6) is 0.796. The highest BCUT2D eigenvalue weighted by atomic mass is 16.5. The van der Waals surface area contributed by atoms with Crippen LogP contribution in [-0.2, 0) is 0 Å². The van der Waals surface area contributed by atoms with E-state index in [2.05, 4.69) is 5.18 Å². The van der Waals surface area contributed by atoms with Crippen molar-refractivity contribution in [2.45, 2.75) is 19.4 Å². The summed E-state index contributed by atoms with van der Waals surface area (Å²) >= 11 is 0. The van der Waals surface area contributed by atoms with Crippen molar-refractivity contribution in [2.24, 2.45) is 5.18 Å². The maximum Gasteiger partial charge on any atom is 0.118 e. The lowest BCUT2D eigenvalue weighted by atomic mass is 10.1. The van der Waals surface area contributed by atoms with Gasteiger partial charge in [0.05, 0.1) is 7.11 Å². The summed E-state index contributed by atoms with van der Waals surface area (Å²) in [5, 5.41) is 3.04. The lowest BCUT2D eigenvalue weighted by Gasteiger charge is -2.06. The standard InChI is InChI=1S/C10H13NO2/c1-3-10(11-12)8-4-6-9(13-2)7-5-8/h4-7,10H,3H2,1-2H3. The predicted octanol–water partition coefficient (Wildman–Crippen LogP) is 2.91. The summed E-state index contributed by atoms with van der Waals surface area (Å²) in [6.45, 7) is 1.94. The summed E-state index contributed by atoms with van der Waals surface area (Å²) in [6.07, 6.45) is 0.732. The number of nitroso groups, excluding NO2 is 1. The Bertz CT molecular complexity index is 269. The second-order valence-corrected chi connectivity index (χ2v) is 2.80. The first-order chi connectivity index (χ1) is 6.31. The molecule has 0 spiro atoms. The van der Waals surface area contributed by atoms with Gasteiger partial charge in [0.25, 0.3) is 0 Å². The summed E-state index contributed by atoms with van der Waals surface area (Å²) in [7, 11) is 1.62. The van der Waals surface area contributed by atoms with Crippen LogP contribution in [0.3, 0.4) is 0 Å². The SMILES string of the molecule is CCC(N=O)c1ccc(OC)cc1. The molecule has 70 valence electrons. The summed E-state index contributed by atoms with van der Waals surface area (Å²) in [4.78, 5) is 10.4. The molecule has 0 heterocycles. The van der Waals surface area contributed by atoms with Crippen LogP contribution in [-0.4, -0.2) is 7.11 Å². The van der Waals surface area contributed by atoms with Crippen molar-refractivity contribution < 1.29 is 4.74 Å². The molecule has 1 aromatic rings. The smallest absolute Gasteiger partial charge is 0.118 e. The summed E-state index contributed by atoms with van der Waals surface area (Å²) in [5.41, 5.74) is 0.943. The zero-order valence-corrected chi connectivity index (χ0v) is 7.86. The van der Waals surface area contributed by atoms with Crippen molar-refractivity contribution in [1.82, 2.24) is 0 Å². The molecule has 0 aliphatic carbocycles. The number of ether oxygens (including phenoxy) is 1. The van der Waals surface area contributed by atoms with Crippen molar-refractivity contribution in [1.29, 1.82) is 0 Å². The molecule has 0 aliphatic heterocycles. The Morgan fingerprint density at radius 2 is 2.00 bits per heavy atom. The minimum Gasteiger partial charge on any atom is -0.497 e. The van der Waals surface area contributed by atoms with Crippen LogP contribution in [0.25, 0.3) is 0 Å². The second kappa shape index (κ2) is 4.60. The van der Waals surface area contributed by atoms with E-state index in [1.807, 2.05) is 31.2 Å². The molecule has 0 N–H and O–H groups in total. The van der Waals surface area contributed by atoms with E-state index < -0.39 is 0 Å². The first kappa shape index (κ1) is 9.71. The topological polar surface area (TPSA) is 38.7 Å². The Kier molecular flexibility index (Phi) is 3.43. The highest BCUT2D eigenvalue weighted by molar-refractivity contribution is 5.29. The Morgan fingerprint density at radius 1 is 1.38 bits per heavy atom. The monoisotopic (exact) mass is 179 g/mol. The van der Waals surface area contributed by atoms with Crippen molar-refractivity contribution in [3.63, 3.8) is 0 Å². The Hall–Kier alpha value is -1.38. The Morgan fingerprint density at radius 3 is 2.38 bits per heavy atom. The van der Waals surface area contributed by atoms with Crippen molar-refractivity contribution in [3.8, 4) is 5.75 Å². The third kappa shape index (κ3) is 2.28. The highest BCUT2D eigenvalue weighted by Crippen LogP contribution is 2.22. The van der Waals surface area contributed by atoms with Gasteiger partial charge >= 0.3 is 0 Å². The number of hydrogen-bond donors (Lipinski definition) is 0. The van der Waals surface area contributed by atoms with Crippen LogP contribution in [0.2, 0.25) is 0 Å². The van der Waals surface area contributed by atoms with Gasteiger partial charge in [0, 0.05) is 0 Å². The summed E-state index contributed by atoms with van der Waals surface area (Å²) < 4.78 is 5.01. The normalized spacial score (nSPS) is 12.2. The number of nitrogens with zero attached hydrogens (tertiary/aromatic N) is 1. The van der Waals surface area contributed by atoms with E-state index in [4.69, 9.17) is 4.74 Å². The molecule has 1 rings (SSSR count). The Labute approximate surface area is 77.7 Å². The third-order valence-corrected chi connectivity index (χ3v) is 2.01. The minimum absolute atomic E-state index is 0.231. The molecule has 0 aliphatic rings. The minimum atomic E-state index is -0.231. The number of benzene rings is 1. The van der Waals surface area contributed by atoms with E-state index in [1.54, 1.807) is 7.11 Å². The van der Waals surface area contributed by atoms with Gasteiger partial charge in [-0.2, -0.15) is 4.91 Å². The fraction of sp³-hybridized carbons (Fsp3) is 0.400. The van der Waals surface area contributed by atoms with Crippen LogP contribution in [0.5, 0.6) is 5.75 Å². The summed E-state index contributed by atoms with van der Waals surface area (Å²) in [6, 6.07) is 7.18. The van der Waals surface area contributed by atoms with Gasteiger partial charge in [-0.25, -0.2) is 0 Å². The van der Waals surface area contributed by atoms with Crippen LogP contribution in [0.1, 0.15) is 24.9 Å². The molecule has 1 aromatic carbocycles. The van der Waals surface area contributed by atoms with Crippen LogP contribution >= 0.6 is 0 Å². The Balaban J connectivity index is 2.83. The zero-order chi connectivity index (χ0) is 9.68. The maximum absolute atomic E-state index is 10.4. The van der Waals surface area contributed by atoms with Gasteiger partial charge in [0.15, 0.2) is 0 Å². The van der Waals surface area contributed by atoms with Gasteiger partial charge in [-0.05, 0) is 24.1 Å². The molecule has 3 nitrogen and oxygen atoms in total. The maximum atomic E-state index is 10.4. The van der Waals surface area contributed by atoms with Crippen molar-refractivity contribution >= 4 is 0 Å². The van der Waals surface area contributed by atoms with E-state index in [1.165, 1.54) is 0 Å².